The van der Waals surface area contributed by atoms with Gasteiger partial charge in [0.2, 0.25) is 5.91 Å². The van der Waals surface area contributed by atoms with E-state index in [0.717, 1.165) is 13.0 Å². The van der Waals surface area contributed by atoms with Gasteiger partial charge in [0.25, 0.3) is 5.56 Å². The zero-order chi connectivity index (χ0) is 15.8. The Labute approximate surface area is 125 Å². The second kappa shape index (κ2) is 8.46. The van der Waals surface area contributed by atoms with Crippen LogP contribution >= 0.6 is 0 Å². The van der Waals surface area contributed by atoms with Gasteiger partial charge in [-0.05, 0) is 25.5 Å². The Morgan fingerprint density at radius 2 is 2.14 bits per heavy atom. The number of aryl methyl sites for hydroxylation is 1. The van der Waals surface area contributed by atoms with Crippen LogP contribution in [0.1, 0.15) is 20.3 Å². The number of anilines is 1. The van der Waals surface area contributed by atoms with Crippen molar-refractivity contribution < 1.29 is 4.79 Å². The Morgan fingerprint density at radius 1 is 1.43 bits per heavy atom. The van der Waals surface area contributed by atoms with Gasteiger partial charge in [-0.25, -0.2) is 0 Å². The molecular formula is C15H26N4O2. The fourth-order valence-corrected chi connectivity index (χ4v) is 1.93. The van der Waals surface area contributed by atoms with Crippen molar-refractivity contribution in [1.82, 2.24) is 14.8 Å². The number of carbonyl (C=O) groups excluding carboxylic acids is 1. The molecule has 0 aromatic carbocycles. The van der Waals surface area contributed by atoms with Crippen LogP contribution in [-0.2, 0) is 11.3 Å². The number of hydrogen-bond donors (Lipinski definition) is 2. The summed E-state index contributed by atoms with van der Waals surface area (Å²) >= 11 is 0. The summed E-state index contributed by atoms with van der Waals surface area (Å²) in [5.74, 6) is 0.488. The van der Waals surface area contributed by atoms with Crippen LogP contribution in [0.4, 0.5) is 5.69 Å². The predicted octanol–water partition coefficient (Wildman–Crippen LogP) is 0.525. The van der Waals surface area contributed by atoms with Crippen molar-refractivity contribution in [2.24, 2.45) is 5.92 Å². The van der Waals surface area contributed by atoms with E-state index in [1.807, 2.05) is 11.9 Å². The van der Waals surface area contributed by atoms with Gasteiger partial charge in [-0.2, -0.15) is 0 Å². The normalized spacial score (nSPS) is 11.1. The second-order valence-corrected chi connectivity index (χ2v) is 5.78. The topological polar surface area (TPSA) is 80.4 Å². The minimum absolute atomic E-state index is 0.0346. The summed E-state index contributed by atoms with van der Waals surface area (Å²) in [6.45, 7) is 6.54. The third-order valence-corrected chi connectivity index (χ3v) is 3.07. The number of pyridine rings is 1. The average molecular weight is 294 g/mol. The molecule has 0 radical (unpaired) electrons. The van der Waals surface area contributed by atoms with Crippen LogP contribution in [0, 0.1) is 5.92 Å². The smallest absolute Gasteiger partial charge is 0.250 e. The quantitative estimate of drug-likeness (QED) is 0.733. The lowest BCUT2D eigenvalue weighted by Gasteiger charge is -2.17. The first kappa shape index (κ1) is 17.2. The summed E-state index contributed by atoms with van der Waals surface area (Å²) in [7, 11) is 1.90. The number of carbonyl (C=O) groups is 1. The van der Waals surface area contributed by atoms with Gasteiger partial charge >= 0.3 is 0 Å². The molecule has 0 fully saturated rings. The van der Waals surface area contributed by atoms with Crippen molar-refractivity contribution in [2.75, 3.05) is 32.4 Å². The van der Waals surface area contributed by atoms with E-state index in [4.69, 9.17) is 5.73 Å². The van der Waals surface area contributed by atoms with E-state index in [1.54, 1.807) is 16.8 Å². The fraction of sp³-hybridized carbons (Fsp3) is 0.600. The van der Waals surface area contributed by atoms with Crippen molar-refractivity contribution >= 4 is 11.6 Å². The molecule has 0 bridgehead atoms. The van der Waals surface area contributed by atoms with Gasteiger partial charge < -0.3 is 15.6 Å². The van der Waals surface area contributed by atoms with E-state index in [2.05, 4.69) is 19.2 Å². The van der Waals surface area contributed by atoms with Gasteiger partial charge in [-0.3, -0.25) is 14.5 Å². The molecule has 6 nitrogen and oxygen atoms in total. The number of amides is 1. The molecule has 1 rings (SSSR count). The average Bonchev–Trinajstić information content (AvgIpc) is 2.40. The van der Waals surface area contributed by atoms with Crippen molar-refractivity contribution in [3.8, 4) is 0 Å². The maximum Gasteiger partial charge on any atom is 0.250 e. The molecule has 0 aliphatic heterocycles. The molecule has 1 amide bonds. The third-order valence-electron chi connectivity index (χ3n) is 3.07. The summed E-state index contributed by atoms with van der Waals surface area (Å²) in [5.41, 5.74) is 6.19. The van der Waals surface area contributed by atoms with Crippen molar-refractivity contribution in [1.29, 1.82) is 0 Å². The monoisotopic (exact) mass is 294 g/mol. The molecule has 118 valence electrons. The summed E-state index contributed by atoms with van der Waals surface area (Å²) in [6, 6.07) is 3.07. The van der Waals surface area contributed by atoms with E-state index in [9.17, 15) is 9.59 Å². The van der Waals surface area contributed by atoms with Crippen molar-refractivity contribution in [3.05, 3.63) is 28.7 Å². The second-order valence-electron chi connectivity index (χ2n) is 5.78. The maximum absolute atomic E-state index is 11.7. The molecular weight excluding hydrogens is 268 g/mol. The molecule has 21 heavy (non-hydrogen) atoms. The molecule has 0 unspecified atom stereocenters. The molecule has 0 aliphatic rings. The van der Waals surface area contributed by atoms with Crippen molar-refractivity contribution in [3.63, 3.8) is 0 Å². The van der Waals surface area contributed by atoms with E-state index in [-0.39, 0.29) is 11.5 Å². The molecule has 0 saturated carbocycles. The Kier molecular flexibility index (Phi) is 6.94. The summed E-state index contributed by atoms with van der Waals surface area (Å²) < 4.78 is 1.60. The van der Waals surface area contributed by atoms with Crippen LogP contribution in [0.3, 0.4) is 0 Å². The highest BCUT2D eigenvalue weighted by Gasteiger charge is 2.07. The molecule has 1 aromatic rings. The van der Waals surface area contributed by atoms with Gasteiger partial charge in [0.1, 0.15) is 0 Å². The number of rotatable bonds is 8. The lowest BCUT2D eigenvalue weighted by Crippen LogP contribution is -2.37. The summed E-state index contributed by atoms with van der Waals surface area (Å²) in [6.07, 6.45) is 2.44. The number of nitrogens with zero attached hydrogens (tertiary/aromatic N) is 2. The minimum atomic E-state index is -0.0541. The number of likely N-dealkylation sites (N-methyl/N-ethyl adjacent to an activating group) is 1. The van der Waals surface area contributed by atoms with Gasteiger partial charge in [0.05, 0.1) is 6.54 Å². The number of nitrogens with two attached hydrogens (primary N) is 1. The van der Waals surface area contributed by atoms with Crippen LogP contribution in [0.5, 0.6) is 0 Å². The van der Waals surface area contributed by atoms with Crippen LogP contribution < -0.4 is 16.6 Å². The molecule has 0 spiro atoms. The zero-order valence-corrected chi connectivity index (χ0v) is 13.1. The SMILES string of the molecule is CC(C)CNC(=O)CN(C)CCCn1cc(N)ccc1=O. The fourth-order valence-electron chi connectivity index (χ4n) is 1.93. The molecule has 1 heterocycles. The van der Waals surface area contributed by atoms with E-state index in [1.165, 1.54) is 6.07 Å². The highest BCUT2D eigenvalue weighted by molar-refractivity contribution is 5.77. The molecule has 0 saturated heterocycles. The third kappa shape index (κ3) is 6.94. The number of hydrogen-bond acceptors (Lipinski definition) is 4. The van der Waals surface area contributed by atoms with Crippen LogP contribution in [0.2, 0.25) is 0 Å². The van der Waals surface area contributed by atoms with E-state index < -0.39 is 0 Å². The molecule has 0 atom stereocenters. The van der Waals surface area contributed by atoms with Gasteiger partial charge in [0, 0.05) is 37.6 Å². The first-order valence-corrected chi connectivity index (χ1v) is 7.29. The maximum atomic E-state index is 11.7. The van der Waals surface area contributed by atoms with Crippen molar-refractivity contribution in [2.45, 2.75) is 26.8 Å². The number of nitrogens with one attached hydrogen (secondary N) is 1. The zero-order valence-electron chi connectivity index (χ0n) is 13.1. The largest absolute Gasteiger partial charge is 0.398 e. The van der Waals surface area contributed by atoms with Gasteiger partial charge in [-0.15, -0.1) is 0 Å². The van der Waals surface area contributed by atoms with Crippen LogP contribution in [-0.4, -0.2) is 42.1 Å². The first-order chi connectivity index (χ1) is 9.88. The molecule has 3 N–H and O–H groups in total. The molecule has 6 heteroatoms. The Morgan fingerprint density at radius 3 is 2.81 bits per heavy atom. The molecule has 1 aromatic heterocycles. The standard InChI is InChI=1S/C15H26N4O2/c1-12(2)9-17-14(20)11-18(3)7-4-8-19-10-13(16)5-6-15(19)21/h5-6,10,12H,4,7-9,11,16H2,1-3H3,(H,17,20). The minimum Gasteiger partial charge on any atom is -0.398 e. The Bertz CT molecular complexity index is 511. The highest BCUT2D eigenvalue weighted by Crippen LogP contribution is 1.98. The van der Waals surface area contributed by atoms with E-state index in [0.29, 0.717) is 31.2 Å². The van der Waals surface area contributed by atoms with E-state index >= 15 is 0 Å². The van der Waals surface area contributed by atoms with Crippen LogP contribution in [0.25, 0.3) is 0 Å². The first-order valence-electron chi connectivity index (χ1n) is 7.29. The lowest BCUT2D eigenvalue weighted by molar-refractivity contribution is -0.122. The number of nitrogen functional groups attached to an aromatic ring is 1. The van der Waals surface area contributed by atoms with Gasteiger partial charge in [-0.1, -0.05) is 13.8 Å². The number of aromatic nitrogens is 1. The Balaban J connectivity index is 2.30. The van der Waals surface area contributed by atoms with Crippen LogP contribution in [0.15, 0.2) is 23.1 Å². The summed E-state index contributed by atoms with van der Waals surface area (Å²) in [5, 5.41) is 2.89. The highest BCUT2D eigenvalue weighted by atomic mass is 16.2. The summed E-state index contributed by atoms with van der Waals surface area (Å²) in [4.78, 5) is 25.2. The van der Waals surface area contributed by atoms with Gasteiger partial charge in [0.15, 0.2) is 0 Å². The predicted molar refractivity (Wildman–Crippen MR) is 85.1 cm³/mol. The molecule has 0 aliphatic carbocycles. The lowest BCUT2D eigenvalue weighted by atomic mass is 10.2. The Hall–Kier alpha value is -1.82.